The smallest absolute Gasteiger partial charge is 0.416 e. The van der Waals surface area contributed by atoms with Crippen molar-refractivity contribution in [2.75, 3.05) is 31.0 Å². The second-order valence-corrected chi connectivity index (χ2v) is 9.21. The Kier molecular flexibility index (Phi) is 9.29. The minimum absolute atomic E-state index is 0.184. The summed E-state index contributed by atoms with van der Waals surface area (Å²) in [4.78, 5) is 20.1. The molecule has 1 amide bonds. The summed E-state index contributed by atoms with van der Waals surface area (Å²) in [5.74, 6) is -0.150. The number of nitrogens with one attached hydrogen (secondary N) is 1. The fourth-order valence-corrected chi connectivity index (χ4v) is 4.45. The van der Waals surface area contributed by atoms with Gasteiger partial charge >= 0.3 is 6.18 Å². The van der Waals surface area contributed by atoms with Crippen LogP contribution in [0.4, 0.5) is 24.5 Å². The average Bonchev–Trinajstić information content (AvgIpc) is 2.98. The van der Waals surface area contributed by atoms with E-state index in [0.29, 0.717) is 40.6 Å². The monoisotopic (exact) mass is 561 g/mol. The van der Waals surface area contributed by atoms with Crippen LogP contribution < -0.4 is 19.7 Å². The Morgan fingerprint density at radius 1 is 0.951 bits per heavy atom. The normalized spacial score (nSPS) is 11.8. The number of ether oxygens (including phenoxy) is 2. The second kappa shape index (κ2) is 13.0. The highest BCUT2D eigenvalue weighted by Gasteiger charge is 2.31. The summed E-state index contributed by atoms with van der Waals surface area (Å²) in [6, 6.07) is 22.9. The van der Waals surface area contributed by atoms with E-state index in [2.05, 4.69) is 16.9 Å². The summed E-state index contributed by atoms with van der Waals surface area (Å²) in [6.07, 6.45) is -0.838. The molecule has 0 radical (unpaired) electrons. The van der Waals surface area contributed by atoms with E-state index in [0.717, 1.165) is 17.7 Å². The van der Waals surface area contributed by atoms with Gasteiger partial charge in [-0.2, -0.15) is 13.2 Å². The minimum atomic E-state index is -4.43. The van der Waals surface area contributed by atoms with Crippen molar-refractivity contribution < 1.29 is 27.4 Å². The van der Waals surface area contributed by atoms with Gasteiger partial charge in [0, 0.05) is 30.2 Å². The molecule has 0 spiro atoms. The van der Waals surface area contributed by atoms with E-state index >= 15 is 0 Å². The number of carbonyl (C=O) groups excluding carboxylic acids is 1. The van der Waals surface area contributed by atoms with Crippen LogP contribution in [0.2, 0.25) is 0 Å². The summed E-state index contributed by atoms with van der Waals surface area (Å²) in [5, 5.41) is 3.21. The van der Waals surface area contributed by atoms with E-state index in [4.69, 9.17) is 9.47 Å². The SMILES string of the molecule is C=C(Nc1cccnc1)C(C(=O)N(CCc1ccc(C(F)(F)F)cc1)c1ccc(OC)c(OC)c1)c1ccccc1. The van der Waals surface area contributed by atoms with Gasteiger partial charge in [-0.3, -0.25) is 9.78 Å². The van der Waals surface area contributed by atoms with Crippen LogP contribution in [0.5, 0.6) is 11.5 Å². The molecule has 0 aliphatic heterocycles. The van der Waals surface area contributed by atoms with Crippen molar-refractivity contribution in [2.24, 2.45) is 0 Å². The lowest BCUT2D eigenvalue weighted by atomic mass is 9.93. The van der Waals surface area contributed by atoms with E-state index < -0.39 is 17.7 Å². The maximum atomic E-state index is 14.4. The lowest BCUT2D eigenvalue weighted by Crippen LogP contribution is -2.38. The standard InChI is InChI=1S/C32H30F3N3O3/c1-22(37-26-10-7-18-36-21-26)30(24-8-5-4-6-9-24)31(39)38(27-15-16-28(40-2)29(20-27)41-3)19-17-23-11-13-25(14-12-23)32(33,34)35/h4-16,18,20-21,30,37H,1,17,19H2,2-3H3. The molecule has 0 fully saturated rings. The number of nitrogens with zero attached hydrogens (tertiary/aromatic N) is 2. The third-order valence-electron chi connectivity index (χ3n) is 6.54. The van der Waals surface area contributed by atoms with Gasteiger partial charge < -0.3 is 19.7 Å². The second-order valence-electron chi connectivity index (χ2n) is 9.21. The number of hydrogen-bond acceptors (Lipinski definition) is 5. The molecule has 1 aromatic heterocycles. The molecule has 212 valence electrons. The first-order chi connectivity index (χ1) is 19.7. The van der Waals surface area contributed by atoms with Crippen LogP contribution in [-0.2, 0) is 17.4 Å². The first kappa shape index (κ1) is 29.2. The van der Waals surface area contributed by atoms with Crippen LogP contribution in [0.3, 0.4) is 0 Å². The van der Waals surface area contributed by atoms with E-state index in [1.165, 1.54) is 26.4 Å². The van der Waals surface area contributed by atoms with Gasteiger partial charge in [0.25, 0.3) is 0 Å². The summed E-state index contributed by atoms with van der Waals surface area (Å²) < 4.78 is 50.1. The van der Waals surface area contributed by atoms with Crippen molar-refractivity contribution in [3.05, 3.63) is 126 Å². The Labute approximate surface area is 237 Å². The Hall–Kier alpha value is -4.79. The summed E-state index contributed by atoms with van der Waals surface area (Å²) in [5.41, 5.74) is 2.30. The Bertz CT molecular complexity index is 1460. The van der Waals surface area contributed by atoms with Crippen LogP contribution >= 0.6 is 0 Å². The number of anilines is 2. The Morgan fingerprint density at radius 3 is 2.27 bits per heavy atom. The van der Waals surface area contributed by atoms with Crippen LogP contribution in [0.1, 0.15) is 22.6 Å². The van der Waals surface area contributed by atoms with Crippen molar-refractivity contribution >= 4 is 17.3 Å². The molecule has 0 aliphatic carbocycles. The molecule has 9 heteroatoms. The first-order valence-electron chi connectivity index (χ1n) is 12.8. The van der Waals surface area contributed by atoms with Gasteiger partial charge in [-0.1, -0.05) is 49.0 Å². The van der Waals surface area contributed by atoms with Gasteiger partial charge in [-0.25, -0.2) is 0 Å². The maximum Gasteiger partial charge on any atom is 0.416 e. The largest absolute Gasteiger partial charge is 0.493 e. The molecule has 41 heavy (non-hydrogen) atoms. The predicted octanol–water partition coefficient (Wildman–Crippen LogP) is 7.10. The Morgan fingerprint density at radius 2 is 1.66 bits per heavy atom. The molecule has 1 atom stereocenters. The topological polar surface area (TPSA) is 63.7 Å². The molecule has 0 aliphatic rings. The highest BCUT2D eigenvalue weighted by Crippen LogP contribution is 2.35. The van der Waals surface area contributed by atoms with E-state index in [1.54, 1.807) is 41.6 Å². The van der Waals surface area contributed by atoms with E-state index in [1.807, 2.05) is 36.4 Å². The number of benzene rings is 3. The molecule has 1 heterocycles. The number of pyridine rings is 1. The molecule has 3 aromatic carbocycles. The molecule has 0 saturated heterocycles. The van der Waals surface area contributed by atoms with E-state index in [9.17, 15) is 18.0 Å². The molecular weight excluding hydrogens is 531 g/mol. The third kappa shape index (κ3) is 7.25. The zero-order chi connectivity index (χ0) is 29.4. The lowest BCUT2D eigenvalue weighted by molar-refractivity contribution is -0.137. The lowest BCUT2D eigenvalue weighted by Gasteiger charge is -2.30. The quantitative estimate of drug-likeness (QED) is 0.212. The van der Waals surface area contributed by atoms with Gasteiger partial charge in [0.05, 0.1) is 31.7 Å². The van der Waals surface area contributed by atoms with Gasteiger partial charge in [0.1, 0.15) is 5.92 Å². The van der Waals surface area contributed by atoms with Crippen molar-refractivity contribution in [2.45, 2.75) is 18.5 Å². The molecule has 6 nitrogen and oxygen atoms in total. The molecule has 4 rings (SSSR count). The Balaban J connectivity index is 1.71. The van der Waals surface area contributed by atoms with Crippen molar-refractivity contribution in [3.63, 3.8) is 0 Å². The van der Waals surface area contributed by atoms with Crippen molar-refractivity contribution in [1.29, 1.82) is 0 Å². The number of amides is 1. The fraction of sp³-hybridized carbons (Fsp3) is 0.188. The maximum absolute atomic E-state index is 14.4. The molecular formula is C32H30F3N3O3. The van der Waals surface area contributed by atoms with E-state index in [-0.39, 0.29) is 12.5 Å². The summed E-state index contributed by atoms with van der Waals surface area (Å²) in [7, 11) is 3.02. The molecule has 1 N–H and O–H groups in total. The number of hydrogen-bond donors (Lipinski definition) is 1. The van der Waals surface area contributed by atoms with Crippen LogP contribution in [-0.4, -0.2) is 31.7 Å². The molecule has 0 saturated carbocycles. The number of alkyl halides is 3. The highest BCUT2D eigenvalue weighted by molar-refractivity contribution is 6.00. The van der Waals surface area contributed by atoms with Gasteiger partial charge in [-0.15, -0.1) is 0 Å². The van der Waals surface area contributed by atoms with Crippen molar-refractivity contribution in [3.8, 4) is 11.5 Å². The number of rotatable bonds is 11. The zero-order valence-corrected chi connectivity index (χ0v) is 22.7. The number of aromatic nitrogens is 1. The zero-order valence-electron chi connectivity index (χ0n) is 22.7. The highest BCUT2D eigenvalue weighted by atomic mass is 19.4. The fourth-order valence-electron chi connectivity index (χ4n) is 4.45. The number of methoxy groups -OCH3 is 2. The molecule has 0 bridgehead atoms. The third-order valence-corrected chi connectivity index (χ3v) is 6.54. The molecule has 4 aromatic rings. The van der Waals surface area contributed by atoms with Crippen molar-refractivity contribution in [1.82, 2.24) is 4.98 Å². The predicted molar refractivity (Wildman–Crippen MR) is 153 cm³/mol. The average molecular weight is 562 g/mol. The first-order valence-corrected chi connectivity index (χ1v) is 12.8. The minimum Gasteiger partial charge on any atom is -0.493 e. The summed E-state index contributed by atoms with van der Waals surface area (Å²) in [6.45, 7) is 4.38. The summed E-state index contributed by atoms with van der Waals surface area (Å²) >= 11 is 0. The van der Waals surface area contributed by atoms with Gasteiger partial charge in [-0.05, 0) is 53.9 Å². The van der Waals surface area contributed by atoms with Crippen LogP contribution in [0.15, 0.2) is 110 Å². The number of halogens is 3. The van der Waals surface area contributed by atoms with Gasteiger partial charge in [0.15, 0.2) is 11.5 Å². The van der Waals surface area contributed by atoms with Crippen LogP contribution in [0.25, 0.3) is 0 Å². The van der Waals surface area contributed by atoms with Gasteiger partial charge in [0.2, 0.25) is 5.91 Å². The number of carbonyl (C=O) groups is 1. The molecule has 1 unspecified atom stereocenters. The van der Waals surface area contributed by atoms with Crippen LogP contribution in [0, 0.1) is 0 Å².